The second-order valence-electron chi connectivity index (χ2n) is 4.42. The number of rotatable bonds is 6. The van der Waals surface area contributed by atoms with Crippen LogP contribution in [0.5, 0.6) is 0 Å². The monoisotopic (exact) mass is 381 g/mol. The number of hydrogen-bond donors (Lipinski definition) is 2. The molecule has 0 aliphatic rings. The minimum atomic E-state index is -3.84. The Labute approximate surface area is 129 Å². The minimum absolute atomic E-state index is 0.189. The molecule has 0 heterocycles. The number of carboxylic acid groups (broad SMARTS) is 1. The third-order valence-electron chi connectivity index (χ3n) is 2.41. The predicted octanol–water partition coefficient (Wildman–Crippen LogP) is 1.09. The molecular weight excluding hydrogens is 369 g/mol. The van der Waals surface area contributed by atoms with Crippen molar-refractivity contribution in [1.29, 1.82) is 0 Å². The van der Waals surface area contributed by atoms with Crippen molar-refractivity contribution < 1.29 is 27.5 Å². The number of amides is 1. The number of carboxylic acids is 1. The summed E-state index contributed by atoms with van der Waals surface area (Å²) < 4.78 is 37.5. The number of carbonyl (C=O) groups is 2. The molecule has 2 N–H and O–H groups in total. The lowest BCUT2D eigenvalue weighted by atomic mass is 10.2. The van der Waals surface area contributed by atoms with Gasteiger partial charge in [-0.25, -0.2) is 17.6 Å². The molecule has 0 spiro atoms. The first-order chi connectivity index (χ1) is 9.59. The first-order valence-corrected chi connectivity index (χ1v) is 8.36. The molecule has 0 aromatic heterocycles. The van der Waals surface area contributed by atoms with E-state index in [-0.39, 0.29) is 5.56 Å². The zero-order valence-corrected chi connectivity index (χ0v) is 13.4. The van der Waals surface area contributed by atoms with Gasteiger partial charge in [0.25, 0.3) is 0 Å². The lowest BCUT2D eigenvalue weighted by Crippen LogP contribution is -2.44. The summed E-state index contributed by atoms with van der Waals surface area (Å²) in [5.74, 6) is -3.99. The maximum atomic E-state index is 13.2. The van der Waals surface area contributed by atoms with Gasteiger partial charge in [0.05, 0.1) is 11.5 Å². The number of sulfone groups is 1. The molecule has 0 saturated carbocycles. The number of carbonyl (C=O) groups excluding carboxylic acids is 1. The smallest absolute Gasteiger partial charge is 0.327 e. The van der Waals surface area contributed by atoms with Crippen LogP contribution < -0.4 is 5.32 Å². The highest BCUT2D eigenvalue weighted by molar-refractivity contribution is 9.10. The van der Waals surface area contributed by atoms with Crippen LogP contribution in [0.15, 0.2) is 22.7 Å². The topological polar surface area (TPSA) is 101 Å². The molecule has 9 heteroatoms. The van der Waals surface area contributed by atoms with Crippen LogP contribution in [0.4, 0.5) is 4.39 Å². The number of nitrogens with one attached hydrogen (secondary N) is 1. The Morgan fingerprint density at radius 1 is 1.38 bits per heavy atom. The molecule has 0 radical (unpaired) electrons. The van der Waals surface area contributed by atoms with E-state index in [1.54, 1.807) is 0 Å². The van der Waals surface area contributed by atoms with Crippen LogP contribution in [0.25, 0.3) is 0 Å². The molecule has 1 amide bonds. The number of halogens is 2. The van der Waals surface area contributed by atoms with Gasteiger partial charge in [0.1, 0.15) is 11.9 Å². The van der Waals surface area contributed by atoms with Crippen molar-refractivity contribution in [2.24, 2.45) is 0 Å². The Morgan fingerprint density at radius 3 is 2.48 bits per heavy atom. The molecule has 1 unspecified atom stereocenters. The van der Waals surface area contributed by atoms with Crippen LogP contribution in [-0.2, 0) is 25.2 Å². The Kier molecular flexibility index (Phi) is 5.85. The quantitative estimate of drug-likeness (QED) is 0.767. The summed E-state index contributed by atoms with van der Waals surface area (Å²) in [6, 6.07) is 2.11. The van der Waals surface area contributed by atoms with Gasteiger partial charge in [0.2, 0.25) is 5.91 Å². The molecule has 0 aliphatic carbocycles. The van der Waals surface area contributed by atoms with Crippen LogP contribution >= 0.6 is 15.9 Å². The largest absolute Gasteiger partial charge is 0.480 e. The van der Waals surface area contributed by atoms with Crippen LogP contribution in [0.3, 0.4) is 0 Å². The highest BCUT2D eigenvalue weighted by Gasteiger charge is 2.26. The van der Waals surface area contributed by atoms with Crippen LogP contribution in [0, 0.1) is 5.82 Å². The van der Waals surface area contributed by atoms with Crippen LogP contribution in [0.2, 0.25) is 0 Å². The average Bonchev–Trinajstić information content (AvgIpc) is 2.24. The van der Waals surface area contributed by atoms with Crippen molar-refractivity contribution in [3.05, 3.63) is 34.1 Å². The van der Waals surface area contributed by atoms with Crippen LogP contribution in [-0.4, -0.2) is 37.2 Å². The van der Waals surface area contributed by atoms with E-state index in [4.69, 9.17) is 5.11 Å². The van der Waals surface area contributed by atoms with Crippen molar-refractivity contribution in [3.63, 3.8) is 0 Å². The summed E-state index contributed by atoms with van der Waals surface area (Å²) in [4.78, 5) is 21.8. The van der Waals surface area contributed by atoms with E-state index in [0.29, 0.717) is 4.47 Å². The highest BCUT2D eigenvalue weighted by Crippen LogP contribution is 2.17. The lowest BCUT2D eigenvalue weighted by molar-refractivity contribution is -0.140. The fourth-order valence-electron chi connectivity index (χ4n) is 1.68. The standard InChI is InChI=1S/C12H13BrFNO5S/c1-7(16)15-11(12(17)18)6-21(19,20)5-8-2-9(13)4-10(14)3-8/h2-4,11H,5-6H2,1H3,(H,15,16)(H,17,18). The molecule has 1 aromatic carbocycles. The van der Waals surface area contributed by atoms with E-state index in [1.807, 2.05) is 5.32 Å². The first-order valence-electron chi connectivity index (χ1n) is 5.74. The second-order valence-corrected chi connectivity index (χ2v) is 7.45. The molecule has 0 aliphatic heterocycles. The zero-order valence-electron chi connectivity index (χ0n) is 11.0. The van der Waals surface area contributed by atoms with Gasteiger partial charge < -0.3 is 10.4 Å². The predicted molar refractivity (Wildman–Crippen MR) is 76.8 cm³/mol. The van der Waals surface area contributed by atoms with Gasteiger partial charge in [-0.1, -0.05) is 15.9 Å². The molecule has 1 atom stereocenters. The summed E-state index contributed by atoms with van der Waals surface area (Å²) in [5, 5.41) is 10.9. The molecule has 0 fully saturated rings. The molecule has 21 heavy (non-hydrogen) atoms. The molecular formula is C12H13BrFNO5S. The van der Waals surface area contributed by atoms with Gasteiger partial charge in [0.15, 0.2) is 9.84 Å². The summed E-state index contributed by atoms with van der Waals surface area (Å²) in [6.45, 7) is 1.09. The third kappa shape index (κ3) is 6.21. The summed E-state index contributed by atoms with van der Waals surface area (Å²) in [5.41, 5.74) is 0.189. The maximum absolute atomic E-state index is 13.2. The van der Waals surface area contributed by atoms with Crippen molar-refractivity contribution in [2.75, 3.05) is 5.75 Å². The Bertz CT molecular complexity index is 641. The van der Waals surface area contributed by atoms with Crippen molar-refractivity contribution >= 4 is 37.6 Å². The number of benzene rings is 1. The maximum Gasteiger partial charge on any atom is 0.327 e. The molecule has 1 rings (SSSR count). The van der Waals surface area contributed by atoms with Gasteiger partial charge in [-0.3, -0.25) is 4.79 Å². The Hall–Kier alpha value is -1.48. The van der Waals surface area contributed by atoms with Gasteiger partial charge in [-0.15, -0.1) is 0 Å². The second kappa shape index (κ2) is 6.99. The van der Waals surface area contributed by atoms with Crippen molar-refractivity contribution in [3.8, 4) is 0 Å². The van der Waals surface area contributed by atoms with Gasteiger partial charge in [-0.2, -0.15) is 0 Å². The van der Waals surface area contributed by atoms with Crippen LogP contribution in [0.1, 0.15) is 12.5 Å². The van der Waals surface area contributed by atoms with Crippen molar-refractivity contribution in [1.82, 2.24) is 5.32 Å². The molecule has 0 saturated heterocycles. The van der Waals surface area contributed by atoms with Gasteiger partial charge in [-0.05, 0) is 23.8 Å². The minimum Gasteiger partial charge on any atom is -0.480 e. The fraction of sp³-hybridized carbons (Fsp3) is 0.333. The van der Waals surface area contributed by atoms with E-state index in [0.717, 1.165) is 13.0 Å². The summed E-state index contributed by atoms with van der Waals surface area (Å²) in [7, 11) is -3.84. The van der Waals surface area contributed by atoms with E-state index in [9.17, 15) is 22.4 Å². The SMILES string of the molecule is CC(=O)NC(CS(=O)(=O)Cc1cc(F)cc(Br)c1)C(=O)O. The number of hydrogen-bond acceptors (Lipinski definition) is 4. The molecule has 0 bridgehead atoms. The van der Waals surface area contributed by atoms with E-state index in [1.165, 1.54) is 12.1 Å². The van der Waals surface area contributed by atoms with Gasteiger partial charge in [0, 0.05) is 11.4 Å². The molecule has 1 aromatic rings. The average molecular weight is 382 g/mol. The van der Waals surface area contributed by atoms with E-state index in [2.05, 4.69) is 15.9 Å². The molecule has 116 valence electrons. The lowest BCUT2D eigenvalue weighted by Gasteiger charge is -2.13. The van der Waals surface area contributed by atoms with E-state index < -0.39 is 45.1 Å². The molecule has 6 nitrogen and oxygen atoms in total. The Balaban J connectivity index is 2.89. The summed E-state index contributed by atoms with van der Waals surface area (Å²) in [6.07, 6.45) is 0. The third-order valence-corrected chi connectivity index (χ3v) is 4.48. The first kappa shape index (κ1) is 17.6. The summed E-state index contributed by atoms with van der Waals surface area (Å²) >= 11 is 3.04. The highest BCUT2D eigenvalue weighted by atomic mass is 79.9. The normalized spacial score (nSPS) is 12.7. The fourth-order valence-corrected chi connectivity index (χ4v) is 3.72. The van der Waals surface area contributed by atoms with Gasteiger partial charge >= 0.3 is 5.97 Å². The van der Waals surface area contributed by atoms with Crippen molar-refractivity contribution in [2.45, 2.75) is 18.7 Å². The Morgan fingerprint density at radius 2 is 2.00 bits per heavy atom. The van der Waals surface area contributed by atoms with E-state index >= 15 is 0 Å². The number of aliphatic carboxylic acids is 1. The zero-order chi connectivity index (χ0) is 16.2.